The Bertz CT molecular complexity index is 504. The van der Waals surface area contributed by atoms with Gasteiger partial charge in [-0.3, -0.25) is 9.69 Å². The molecule has 0 saturated carbocycles. The normalized spacial score (nSPS) is 18.6. The van der Waals surface area contributed by atoms with E-state index in [-0.39, 0.29) is 5.91 Å². The molecule has 2 rings (SSSR count). The summed E-state index contributed by atoms with van der Waals surface area (Å²) in [6.07, 6.45) is 1.90. The number of thiocarbonyl (C=S) groups is 1. The molecule has 1 fully saturated rings. The molecule has 0 atom stereocenters. The highest BCUT2D eigenvalue weighted by atomic mass is 32.1. The van der Waals surface area contributed by atoms with E-state index in [1.165, 1.54) is 4.88 Å². The first-order valence-corrected chi connectivity index (χ1v) is 6.64. The number of likely N-dealkylation sites (N-methyl/N-ethyl adjacent to an activating group) is 2. The van der Waals surface area contributed by atoms with E-state index in [0.717, 1.165) is 4.88 Å². The average molecular weight is 266 g/mol. The molecule has 90 valence electrons. The molecule has 1 amide bonds. The molecule has 2 heterocycles. The van der Waals surface area contributed by atoms with Crippen LogP contribution < -0.4 is 0 Å². The van der Waals surface area contributed by atoms with Crippen molar-refractivity contribution in [2.45, 2.75) is 13.8 Å². The van der Waals surface area contributed by atoms with Crippen molar-refractivity contribution in [1.82, 2.24) is 9.80 Å². The standard InChI is InChI=1S/C12H14N2OS2/c1-4-14-11(15)10(13(3)12(14)16)7-9-6-5-8(2)17-9/h5-7H,4H2,1-3H3. The number of hydrogen-bond donors (Lipinski definition) is 0. The Morgan fingerprint density at radius 1 is 1.47 bits per heavy atom. The van der Waals surface area contributed by atoms with Crippen LogP contribution in [0.3, 0.4) is 0 Å². The summed E-state index contributed by atoms with van der Waals surface area (Å²) in [5.41, 5.74) is 0.652. The van der Waals surface area contributed by atoms with Gasteiger partial charge in [-0.25, -0.2) is 0 Å². The van der Waals surface area contributed by atoms with Gasteiger partial charge < -0.3 is 4.90 Å². The van der Waals surface area contributed by atoms with Crippen molar-refractivity contribution in [2.75, 3.05) is 13.6 Å². The lowest BCUT2D eigenvalue weighted by molar-refractivity contribution is -0.122. The second-order valence-corrected chi connectivity index (χ2v) is 5.55. The van der Waals surface area contributed by atoms with Gasteiger partial charge in [0.05, 0.1) is 0 Å². The van der Waals surface area contributed by atoms with Crippen molar-refractivity contribution >= 4 is 40.7 Å². The van der Waals surface area contributed by atoms with E-state index in [9.17, 15) is 4.79 Å². The fourth-order valence-electron chi connectivity index (χ4n) is 1.76. The number of hydrogen-bond acceptors (Lipinski definition) is 3. The molecule has 0 unspecified atom stereocenters. The summed E-state index contributed by atoms with van der Waals surface area (Å²) in [5.74, 6) is -0.00828. The molecule has 0 radical (unpaired) electrons. The van der Waals surface area contributed by atoms with Crippen LogP contribution in [0.4, 0.5) is 0 Å². The number of amides is 1. The van der Waals surface area contributed by atoms with E-state index < -0.39 is 0 Å². The first kappa shape index (κ1) is 12.3. The van der Waals surface area contributed by atoms with Crippen LogP contribution in [0.1, 0.15) is 16.7 Å². The predicted molar refractivity (Wildman–Crippen MR) is 74.8 cm³/mol. The van der Waals surface area contributed by atoms with Crippen molar-refractivity contribution in [3.8, 4) is 0 Å². The predicted octanol–water partition coefficient (Wildman–Crippen LogP) is 2.48. The molecule has 3 nitrogen and oxygen atoms in total. The van der Waals surface area contributed by atoms with Crippen LogP contribution in [-0.2, 0) is 4.79 Å². The Morgan fingerprint density at radius 3 is 2.65 bits per heavy atom. The van der Waals surface area contributed by atoms with E-state index in [1.54, 1.807) is 21.1 Å². The minimum atomic E-state index is -0.00828. The van der Waals surface area contributed by atoms with Crippen molar-refractivity contribution in [2.24, 2.45) is 0 Å². The maximum absolute atomic E-state index is 12.1. The summed E-state index contributed by atoms with van der Waals surface area (Å²) in [7, 11) is 1.84. The molecule has 0 spiro atoms. The summed E-state index contributed by atoms with van der Waals surface area (Å²) in [4.78, 5) is 17.8. The molecule has 1 aliphatic rings. The fraction of sp³-hybridized carbons (Fsp3) is 0.333. The number of thiophene rings is 1. The minimum Gasteiger partial charge on any atom is -0.317 e. The van der Waals surface area contributed by atoms with Gasteiger partial charge in [0.25, 0.3) is 5.91 Å². The Hall–Kier alpha value is -1.20. The van der Waals surface area contributed by atoms with E-state index in [1.807, 2.05) is 32.2 Å². The van der Waals surface area contributed by atoms with Crippen LogP contribution in [0, 0.1) is 6.92 Å². The smallest absolute Gasteiger partial charge is 0.276 e. The van der Waals surface area contributed by atoms with E-state index in [0.29, 0.717) is 17.4 Å². The summed E-state index contributed by atoms with van der Waals surface area (Å²) in [5, 5.41) is 0.581. The molecule has 1 aromatic heterocycles. The molecule has 0 aromatic carbocycles. The minimum absolute atomic E-state index is 0.00828. The third-order valence-corrected chi connectivity index (χ3v) is 4.14. The van der Waals surface area contributed by atoms with Gasteiger partial charge in [-0.05, 0) is 44.3 Å². The molecule has 17 heavy (non-hydrogen) atoms. The maximum Gasteiger partial charge on any atom is 0.276 e. The zero-order valence-corrected chi connectivity index (χ0v) is 11.7. The van der Waals surface area contributed by atoms with Gasteiger partial charge in [0.15, 0.2) is 5.11 Å². The Kier molecular flexibility index (Phi) is 3.31. The number of aryl methyl sites for hydroxylation is 1. The highest BCUT2D eigenvalue weighted by Crippen LogP contribution is 2.24. The second-order valence-electron chi connectivity index (χ2n) is 3.87. The largest absolute Gasteiger partial charge is 0.317 e. The molecular formula is C12H14N2OS2. The fourth-order valence-corrected chi connectivity index (χ4v) is 2.88. The molecule has 0 aliphatic carbocycles. The van der Waals surface area contributed by atoms with Crippen LogP contribution in [0.5, 0.6) is 0 Å². The number of nitrogens with zero attached hydrogens (tertiary/aromatic N) is 2. The molecule has 0 bridgehead atoms. The molecule has 1 aliphatic heterocycles. The lowest BCUT2D eigenvalue weighted by atomic mass is 10.3. The maximum atomic E-state index is 12.1. The Morgan fingerprint density at radius 2 is 2.18 bits per heavy atom. The van der Waals surface area contributed by atoms with Gasteiger partial charge in [0.2, 0.25) is 0 Å². The van der Waals surface area contributed by atoms with Crippen LogP contribution in [0.2, 0.25) is 0 Å². The van der Waals surface area contributed by atoms with Gasteiger partial charge >= 0.3 is 0 Å². The zero-order valence-electron chi connectivity index (χ0n) is 10.1. The highest BCUT2D eigenvalue weighted by Gasteiger charge is 2.34. The summed E-state index contributed by atoms with van der Waals surface area (Å²) in [6, 6.07) is 4.07. The third kappa shape index (κ3) is 2.12. The van der Waals surface area contributed by atoms with Crippen LogP contribution in [0.15, 0.2) is 17.8 Å². The summed E-state index contributed by atoms with van der Waals surface area (Å²) in [6.45, 7) is 4.59. The van der Waals surface area contributed by atoms with Crippen molar-refractivity contribution < 1.29 is 4.79 Å². The Labute approximate surface area is 110 Å². The summed E-state index contributed by atoms with van der Waals surface area (Å²) < 4.78 is 0. The molecule has 0 N–H and O–H groups in total. The van der Waals surface area contributed by atoms with Gasteiger partial charge in [-0.15, -0.1) is 11.3 Å². The quantitative estimate of drug-likeness (QED) is 0.607. The van der Waals surface area contributed by atoms with E-state index in [2.05, 4.69) is 6.92 Å². The van der Waals surface area contributed by atoms with Crippen molar-refractivity contribution in [3.05, 3.63) is 27.6 Å². The van der Waals surface area contributed by atoms with Crippen molar-refractivity contribution in [1.29, 1.82) is 0 Å². The zero-order chi connectivity index (χ0) is 12.6. The van der Waals surface area contributed by atoms with E-state index >= 15 is 0 Å². The molecule has 5 heteroatoms. The van der Waals surface area contributed by atoms with Gasteiger partial charge in [-0.2, -0.15) is 0 Å². The SMILES string of the molecule is CCN1C(=O)C(=Cc2ccc(C)s2)N(C)C1=S. The lowest BCUT2D eigenvalue weighted by Gasteiger charge is -2.13. The van der Waals surface area contributed by atoms with Gasteiger partial charge in [0, 0.05) is 23.3 Å². The monoisotopic (exact) mass is 266 g/mol. The second kappa shape index (κ2) is 4.58. The first-order chi connectivity index (χ1) is 8.04. The highest BCUT2D eigenvalue weighted by molar-refractivity contribution is 7.80. The number of carbonyl (C=O) groups is 1. The topological polar surface area (TPSA) is 23.6 Å². The van der Waals surface area contributed by atoms with Crippen LogP contribution in [0.25, 0.3) is 6.08 Å². The van der Waals surface area contributed by atoms with Crippen molar-refractivity contribution in [3.63, 3.8) is 0 Å². The third-order valence-electron chi connectivity index (χ3n) is 2.70. The average Bonchev–Trinajstić information content (AvgIpc) is 2.78. The number of rotatable bonds is 2. The summed E-state index contributed by atoms with van der Waals surface area (Å²) >= 11 is 6.90. The molecule has 1 saturated heterocycles. The van der Waals surface area contributed by atoms with Crippen LogP contribution >= 0.6 is 23.6 Å². The lowest BCUT2D eigenvalue weighted by Crippen LogP contribution is -2.30. The first-order valence-electron chi connectivity index (χ1n) is 5.42. The molecular weight excluding hydrogens is 252 g/mol. The Balaban J connectivity index is 2.36. The van der Waals surface area contributed by atoms with Crippen LogP contribution in [-0.4, -0.2) is 34.4 Å². The molecule has 1 aromatic rings. The van der Waals surface area contributed by atoms with E-state index in [4.69, 9.17) is 12.2 Å². The van der Waals surface area contributed by atoms with Gasteiger partial charge in [-0.1, -0.05) is 0 Å². The van der Waals surface area contributed by atoms with Gasteiger partial charge in [0.1, 0.15) is 5.70 Å². The number of carbonyl (C=O) groups excluding carboxylic acids is 1.